The minimum Gasteiger partial charge on any atom is -0.465 e. The maximum absolute atomic E-state index is 11.3. The molecule has 0 saturated carbocycles. The van der Waals surface area contributed by atoms with Crippen LogP contribution in [0.25, 0.3) is 6.08 Å². The average Bonchev–Trinajstić information content (AvgIpc) is 2.60. The van der Waals surface area contributed by atoms with Crippen LogP contribution in [-0.2, 0) is 11.2 Å². The Balaban J connectivity index is 1.97. The van der Waals surface area contributed by atoms with Crippen LogP contribution < -0.4 is 0 Å². The lowest BCUT2D eigenvalue weighted by Gasteiger charge is -1.98. The first-order chi connectivity index (χ1) is 11.2. The van der Waals surface area contributed by atoms with E-state index in [1.54, 1.807) is 30.3 Å². The largest absolute Gasteiger partial charge is 0.465 e. The van der Waals surface area contributed by atoms with Crippen molar-refractivity contribution in [1.82, 2.24) is 0 Å². The quantitative estimate of drug-likeness (QED) is 0.697. The maximum atomic E-state index is 11.3. The Kier molecular flexibility index (Phi) is 6.17. The van der Waals surface area contributed by atoms with E-state index in [9.17, 15) is 4.79 Å². The van der Waals surface area contributed by atoms with Gasteiger partial charge in [-0.2, -0.15) is 0 Å². The van der Waals surface area contributed by atoms with Crippen molar-refractivity contribution in [2.75, 3.05) is 13.7 Å². The Hall–Kier alpha value is -2.83. The molecule has 0 fully saturated rings. The van der Waals surface area contributed by atoms with Gasteiger partial charge in [0.2, 0.25) is 0 Å². The predicted octanol–water partition coefficient (Wildman–Crippen LogP) is 3.07. The van der Waals surface area contributed by atoms with E-state index >= 15 is 0 Å². The van der Waals surface area contributed by atoms with Gasteiger partial charge in [-0.3, -0.25) is 0 Å². The summed E-state index contributed by atoms with van der Waals surface area (Å²) < 4.78 is 4.65. The van der Waals surface area contributed by atoms with Crippen molar-refractivity contribution in [3.63, 3.8) is 0 Å². The molecule has 2 aromatic rings. The fraction of sp³-hybridized carbons (Fsp3) is 0.150. The zero-order chi connectivity index (χ0) is 16.5. The summed E-state index contributed by atoms with van der Waals surface area (Å²) in [5.74, 6) is 5.62. The number of hydrogen-bond donors (Lipinski definition) is 1. The van der Waals surface area contributed by atoms with Gasteiger partial charge in [0, 0.05) is 12.2 Å². The Morgan fingerprint density at radius 2 is 1.83 bits per heavy atom. The lowest BCUT2D eigenvalue weighted by Crippen LogP contribution is -2.00. The summed E-state index contributed by atoms with van der Waals surface area (Å²) in [6.45, 7) is 0.162. The van der Waals surface area contributed by atoms with Gasteiger partial charge in [-0.15, -0.1) is 0 Å². The highest BCUT2D eigenvalue weighted by Gasteiger charge is 2.02. The van der Waals surface area contributed by atoms with E-state index in [4.69, 9.17) is 5.11 Å². The van der Waals surface area contributed by atoms with E-state index < -0.39 is 0 Å². The zero-order valence-corrected chi connectivity index (χ0v) is 13.0. The van der Waals surface area contributed by atoms with Crippen LogP contribution in [-0.4, -0.2) is 24.8 Å². The van der Waals surface area contributed by atoms with E-state index in [1.807, 2.05) is 30.3 Å². The van der Waals surface area contributed by atoms with Crippen LogP contribution in [0.1, 0.15) is 27.0 Å². The molecule has 0 aliphatic rings. The van der Waals surface area contributed by atoms with Gasteiger partial charge in [0.15, 0.2) is 0 Å². The average molecular weight is 306 g/mol. The minimum absolute atomic E-state index is 0.162. The Labute approximate surface area is 136 Å². The highest BCUT2D eigenvalue weighted by molar-refractivity contribution is 5.89. The summed E-state index contributed by atoms with van der Waals surface area (Å²) in [6.07, 6.45) is 4.39. The molecule has 3 nitrogen and oxygen atoms in total. The molecular formula is C20H18O3. The molecule has 0 heterocycles. The van der Waals surface area contributed by atoms with Crippen LogP contribution in [0.4, 0.5) is 0 Å². The monoisotopic (exact) mass is 306 g/mol. The van der Waals surface area contributed by atoms with E-state index in [-0.39, 0.29) is 12.6 Å². The van der Waals surface area contributed by atoms with Crippen LogP contribution in [0.2, 0.25) is 0 Å². The van der Waals surface area contributed by atoms with Gasteiger partial charge in [-0.25, -0.2) is 4.79 Å². The summed E-state index contributed by atoms with van der Waals surface area (Å²) in [5.41, 5.74) is 3.51. The second-order valence-corrected chi connectivity index (χ2v) is 4.89. The number of carbonyl (C=O) groups excluding carboxylic acids is 1. The highest BCUT2D eigenvalue weighted by atomic mass is 16.5. The molecule has 0 atom stereocenters. The van der Waals surface area contributed by atoms with E-state index in [0.717, 1.165) is 16.7 Å². The maximum Gasteiger partial charge on any atom is 0.337 e. The smallest absolute Gasteiger partial charge is 0.337 e. The molecule has 1 N–H and O–H groups in total. The fourth-order valence-corrected chi connectivity index (χ4v) is 1.99. The van der Waals surface area contributed by atoms with Crippen LogP contribution in [0, 0.1) is 11.8 Å². The minimum atomic E-state index is -0.353. The second-order valence-electron chi connectivity index (χ2n) is 4.89. The van der Waals surface area contributed by atoms with Crippen molar-refractivity contribution in [1.29, 1.82) is 0 Å². The number of hydrogen-bond acceptors (Lipinski definition) is 3. The molecule has 0 radical (unpaired) electrons. The molecule has 0 spiro atoms. The van der Waals surface area contributed by atoms with Gasteiger partial charge < -0.3 is 9.84 Å². The third kappa shape index (κ3) is 5.14. The first-order valence-electron chi connectivity index (χ1n) is 7.29. The van der Waals surface area contributed by atoms with Crippen molar-refractivity contribution in [2.24, 2.45) is 0 Å². The lowest BCUT2D eigenvalue weighted by atomic mass is 10.1. The number of methoxy groups -OCH3 is 1. The normalized spacial score (nSPS) is 10.2. The first-order valence-corrected chi connectivity index (χ1v) is 7.29. The summed E-state index contributed by atoms with van der Waals surface area (Å²) in [5, 5.41) is 8.87. The van der Waals surface area contributed by atoms with Gasteiger partial charge in [-0.1, -0.05) is 36.1 Å². The molecule has 0 aliphatic heterocycles. The number of allylic oxidation sites excluding steroid dienone is 1. The van der Waals surface area contributed by atoms with Gasteiger partial charge in [0.25, 0.3) is 0 Å². The molecule has 3 heteroatoms. The number of ether oxygens (including phenoxy) is 1. The molecule has 0 bridgehead atoms. The Morgan fingerprint density at radius 3 is 2.43 bits per heavy atom. The fourth-order valence-electron chi connectivity index (χ4n) is 1.99. The first kappa shape index (κ1) is 16.5. The second kappa shape index (κ2) is 8.57. The van der Waals surface area contributed by atoms with Crippen molar-refractivity contribution in [3.8, 4) is 11.8 Å². The third-order valence-corrected chi connectivity index (χ3v) is 3.26. The highest BCUT2D eigenvalue weighted by Crippen LogP contribution is 2.07. The van der Waals surface area contributed by atoms with E-state index in [0.29, 0.717) is 12.0 Å². The molecule has 0 unspecified atom stereocenters. The Morgan fingerprint density at radius 1 is 1.13 bits per heavy atom. The van der Waals surface area contributed by atoms with E-state index in [1.165, 1.54) is 7.11 Å². The summed E-state index contributed by atoms with van der Waals surface area (Å²) in [4.78, 5) is 11.3. The topological polar surface area (TPSA) is 46.5 Å². The molecule has 2 rings (SSSR count). The van der Waals surface area contributed by atoms with Gasteiger partial charge >= 0.3 is 5.97 Å². The molecule has 116 valence electrons. The number of aliphatic hydroxyl groups excluding tert-OH is 1. The number of esters is 1. The van der Waals surface area contributed by atoms with Crippen LogP contribution >= 0.6 is 0 Å². The summed E-state index contributed by atoms with van der Waals surface area (Å²) >= 11 is 0. The van der Waals surface area contributed by atoms with Crippen molar-refractivity contribution in [3.05, 3.63) is 76.9 Å². The van der Waals surface area contributed by atoms with Crippen LogP contribution in [0.15, 0.2) is 54.6 Å². The number of aliphatic hydroxyl groups is 1. The lowest BCUT2D eigenvalue weighted by molar-refractivity contribution is 0.0600. The van der Waals surface area contributed by atoms with Gasteiger partial charge in [-0.05, 0) is 54.0 Å². The zero-order valence-electron chi connectivity index (χ0n) is 13.0. The molecule has 0 amide bonds. The van der Waals surface area contributed by atoms with Crippen molar-refractivity contribution < 1.29 is 14.6 Å². The Bertz CT molecular complexity index is 729. The molecule has 2 aromatic carbocycles. The predicted molar refractivity (Wildman–Crippen MR) is 90.9 cm³/mol. The standard InChI is InChI=1S/C20H18O3/c1-23-20(22)19-12-10-17(11-13-19)5-3-2-4-16-6-8-18(9-7-16)14-15-21/h2,4,6-13,21H,14-15H2,1H3/b4-2+. The van der Waals surface area contributed by atoms with Crippen LogP contribution in [0.5, 0.6) is 0 Å². The molecule has 23 heavy (non-hydrogen) atoms. The molecule has 0 saturated heterocycles. The molecule has 0 aliphatic carbocycles. The summed E-state index contributed by atoms with van der Waals surface area (Å²) in [7, 11) is 1.36. The summed E-state index contributed by atoms with van der Waals surface area (Å²) in [6, 6.07) is 14.9. The van der Waals surface area contributed by atoms with Crippen molar-refractivity contribution >= 4 is 12.0 Å². The van der Waals surface area contributed by atoms with Crippen LogP contribution in [0.3, 0.4) is 0 Å². The van der Waals surface area contributed by atoms with Crippen molar-refractivity contribution in [2.45, 2.75) is 6.42 Å². The third-order valence-electron chi connectivity index (χ3n) is 3.26. The van der Waals surface area contributed by atoms with Gasteiger partial charge in [0.1, 0.15) is 0 Å². The van der Waals surface area contributed by atoms with E-state index in [2.05, 4.69) is 16.6 Å². The molecule has 0 aromatic heterocycles. The number of carbonyl (C=O) groups is 1. The number of benzene rings is 2. The SMILES string of the molecule is COC(=O)c1ccc(C#C/C=C/c2ccc(CCO)cc2)cc1. The number of rotatable bonds is 4. The van der Waals surface area contributed by atoms with Gasteiger partial charge in [0.05, 0.1) is 12.7 Å². The molecular weight excluding hydrogens is 288 g/mol.